The summed E-state index contributed by atoms with van der Waals surface area (Å²) in [7, 11) is -3.68. The van der Waals surface area contributed by atoms with Crippen molar-refractivity contribution in [2.24, 2.45) is 0 Å². The fraction of sp³-hybridized carbons (Fsp3) is 0.294. The number of aromatic nitrogens is 2. The van der Waals surface area contributed by atoms with Gasteiger partial charge in [0.15, 0.2) is 0 Å². The molecule has 1 saturated heterocycles. The fourth-order valence-electron chi connectivity index (χ4n) is 3.02. The maximum Gasteiger partial charge on any atom is 0.243 e. The van der Waals surface area contributed by atoms with Crippen molar-refractivity contribution in [3.05, 3.63) is 53.5 Å². The minimum absolute atomic E-state index is 0.0874. The van der Waals surface area contributed by atoms with E-state index < -0.39 is 15.8 Å². The molecular formula is C17H16FN3O3S2. The Morgan fingerprint density at radius 1 is 1.23 bits per heavy atom. The lowest BCUT2D eigenvalue weighted by Gasteiger charge is -2.30. The summed E-state index contributed by atoms with van der Waals surface area (Å²) in [5, 5.41) is 5.94. The molecule has 0 aliphatic carbocycles. The highest BCUT2D eigenvalue weighted by Gasteiger charge is 2.33. The number of sulfonamides is 1. The van der Waals surface area contributed by atoms with Gasteiger partial charge in [0.1, 0.15) is 5.82 Å². The lowest BCUT2D eigenvalue weighted by Crippen LogP contribution is -2.39. The molecule has 1 atom stereocenters. The van der Waals surface area contributed by atoms with Gasteiger partial charge >= 0.3 is 0 Å². The summed E-state index contributed by atoms with van der Waals surface area (Å²) >= 11 is 1.52. The third-order valence-corrected chi connectivity index (χ3v) is 7.11. The summed E-state index contributed by atoms with van der Waals surface area (Å²) in [4.78, 5) is 5.44. The van der Waals surface area contributed by atoms with Gasteiger partial charge in [-0.25, -0.2) is 12.8 Å². The third kappa shape index (κ3) is 3.29. The Balaban J connectivity index is 1.55. The normalized spacial score (nSPS) is 18.9. The molecule has 0 amide bonds. The van der Waals surface area contributed by atoms with Gasteiger partial charge in [0.25, 0.3) is 0 Å². The molecule has 6 nitrogen and oxygen atoms in total. The van der Waals surface area contributed by atoms with Gasteiger partial charge in [-0.05, 0) is 48.6 Å². The molecule has 0 bridgehead atoms. The van der Waals surface area contributed by atoms with Crippen LogP contribution in [0.3, 0.4) is 0 Å². The average Bonchev–Trinajstić information content (AvgIpc) is 3.34. The van der Waals surface area contributed by atoms with Crippen LogP contribution in [0.5, 0.6) is 0 Å². The van der Waals surface area contributed by atoms with Gasteiger partial charge in [0.05, 0.1) is 15.7 Å². The Morgan fingerprint density at radius 2 is 2.04 bits per heavy atom. The highest BCUT2D eigenvalue weighted by Crippen LogP contribution is 2.31. The predicted molar refractivity (Wildman–Crippen MR) is 94.7 cm³/mol. The minimum atomic E-state index is -3.68. The van der Waals surface area contributed by atoms with E-state index in [9.17, 15) is 12.8 Å². The van der Waals surface area contributed by atoms with Gasteiger partial charge < -0.3 is 4.52 Å². The molecule has 26 heavy (non-hydrogen) atoms. The zero-order valence-electron chi connectivity index (χ0n) is 13.7. The zero-order chi connectivity index (χ0) is 18.1. The molecule has 2 aromatic heterocycles. The van der Waals surface area contributed by atoms with Crippen LogP contribution >= 0.6 is 11.3 Å². The summed E-state index contributed by atoms with van der Waals surface area (Å²) in [6, 6.07) is 8.70. The van der Waals surface area contributed by atoms with Gasteiger partial charge in [0, 0.05) is 13.1 Å². The number of hydrogen-bond donors (Lipinski definition) is 0. The molecule has 136 valence electrons. The highest BCUT2D eigenvalue weighted by molar-refractivity contribution is 7.89. The summed E-state index contributed by atoms with van der Waals surface area (Å²) < 4.78 is 45.5. The fourth-order valence-corrected chi connectivity index (χ4v) is 5.20. The molecule has 0 saturated carbocycles. The molecule has 3 aromatic rings. The van der Waals surface area contributed by atoms with Crippen LogP contribution in [0.2, 0.25) is 0 Å². The highest BCUT2D eigenvalue weighted by atomic mass is 32.2. The first-order valence-electron chi connectivity index (χ1n) is 8.17. The Morgan fingerprint density at radius 3 is 2.77 bits per heavy atom. The van der Waals surface area contributed by atoms with E-state index in [1.807, 2.05) is 17.5 Å². The number of piperidine rings is 1. The van der Waals surface area contributed by atoms with E-state index in [4.69, 9.17) is 4.52 Å². The molecule has 1 aromatic carbocycles. The van der Waals surface area contributed by atoms with Crippen molar-refractivity contribution in [3.63, 3.8) is 0 Å². The largest absolute Gasteiger partial charge is 0.339 e. The van der Waals surface area contributed by atoms with E-state index in [1.165, 1.54) is 27.8 Å². The standard InChI is InChI=1S/C17H16FN3O3S2/c18-13-5-7-14(8-6-13)26(22,23)21-9-1-3-12(11-21)17-19-16(20-24-17)15-4-2-10-25-15/h2,4-8,10,12H,1,3,9,11H2/t12-/m1/s1. The van der Waals surface area contributed by atoms with E-state index in [-0.39, 0.29) is 17.4 Å². The van der Waals surface area contributed by atoms with Crippen molar-refractivity contribution < 1.29 is 17.3 Å². The summed E-state index contributed by atoms with van der Waals surface area (Å²) in [5.41, 5.74) is 0. The van der Waals surface area contributed by atoms with Crippen LogP contribution in [0.4, 0.5) is 4.39 Å². The minimum Gasteiger partial charge on any atom is -0.339 e. The maximum absolute atomic E-state index is 13.1. The number of nitrogens with zero attached hydrogens (tertiary/aromatic N) is 3. The first-order chi connectivity index (χ1) is 12.5. The van der Waals surface area contributed by atoms with Gasteiger partial charge in [-0.2, -0.15) is 9.29 Å². The second-order valence-electron chi connectivity index (χ2n) is 6.09. The maximum atomic E-state index is 13.1. The van der Waals surface area contributed by atoms with Crippen LogP contribution in [-0.4, -0.2) is 36.0 Å². The smallest absolute Gasteiger partial charge is 0.243 e. The first kappa shape index (κ1) is 17.3. The van der Waals surface area contributed by atoms with E-state index in [0.29, 0.717) is 24.7 Å². The van der Waals surface area contributed by atoms with Crippen LogP contribution < -0.4 is 0 Å². The lowest BCUT2D eigenvalue weighted by molar-refractivity contribution is 0.265. The Bertz CT molecular complexity index is 985. The number of benzene rings is 1. The van der Waals surface area contributed by atoms with Crippen molar-refractivity contribution in [2.45, 2.75) is 23.7 Å². The van der Waals surface area contributed by atoms with E-state index in [2.05, 4.69) is 10.1 Å². The summed E-state index contributed by atoms with van der Waals surface area (Å²) in [5.74, 6) is 0.355. The molecule has 3 heterocycles. The van der Waals surface area contributed by atoms with E-state index in [1.54, 1.807) is 0 Å². The van der Waals surface area contributed by atoms with Crippen molar-refractivity contribution in [2.75, 3.05) is 13.1 Å². The summed E-state index contributed by atoms with van der Waals surface area (Å²) in [6.07, 6.45) is 1.48. The van der Waals surface area contributed by atoms with Crippen molar-refractivity contribution >= 4 is 21.4 Å². The summed E-state index contributed by atoms with van der Waals surface area (Å²) in [6.45, 7) is 0.688. The van der Waals surface area contributed by atoms with Crippen LogP contribution in [0.25, 0.3) is 10.7 Å². The SMILES string of the molecule is O=S(=O)(c1ccc(F)cc1)N1CCC[C@@H](c2nc(-c3cccs3)no2)C1. The van der Waals surface area contributed by atoms with Gasteiger partial charge in [-0.15, -0.1) is 11.3 Å². The van der Waals surface area contributed by atoms with Crippen LogP contribution in [-0.2, 0) is 10.0 Å². The molecule has 1 aliphatic heterocycles. The monoisotopic (exact) mass is 393 g/mol. The Hall–Kier alpha value is -2.10. The number of rotatable bonds is 4. The number of halogens is 1. The van der Waals surface area contributed by atoms with E-state index in [0.717, 1.165) is 23.4 Å². The second-order valence-corrected chi connectivity index (χ2v) is 8.98. The van der Waals surface area contributed by atoms with Crippen molar-refractivity contribution in [1.82, 2.24) is 14.4 Å². The first-order valence-corrected chi connectivity index (χ1v) is 10.5. The van der Waals surface area contributed by atoms with E-state index >= 15 is 0 Å². The topological polar surface area (TPSA) is 76.3 Å². The molecule has 0 N–H and O–H groups in total. The van der Waals surface area contributed by atoms with Gasteiger partial charge in [-0.3, -0.25) is 0 Å². The zero-order valence-corrected chi connectivity index (χ0v) is 15.3. The molecule has 1 aliphatic rings. The third-order valence-electron chi connectivity index (χ3n) is 4.37. The lowest BCUT2D eigenvalue weighted by atomic mass is 10.00. The molecule has 0 spiro atoms. The molecule has 0 radical (unpaired) electrons. The molecule has 0 unspecified atom stereocenters. The predicted octanol–water partition coefficient (Wildman–Crippen LogP) is 3.51. The van der Waals surface area contributed by atoms with Gasteiger partial charge in [0.2, 0.25) is 21.7 Å². The van der Waals surface area contributed by atoms with Crippen molar-refractivity contribution in [1.29, 1.82) is 0 Å². The second kappa shape index (κ2) is 6.90. The Kier molecular flexibility index (Phi) is 4.60. The quantitative estimate of drug-likeness (QED) is 0.678. The van der Waals surface area contributed by atoms with Crippen LogP contribution in [0.15, 0.2) is 51.2 Å². The molecule has 4 rings (SSSR count). The molecule has 9 heteroatoms. The van der Waals surface area contributed by atoms with Gasteiger partial charge in [-0.1, -0.05) is 11.2 Å². The van der Waals surface area contributed by atoms with Crippen molar-refractivity contribution in [3.8, 4) is 10.7 Å². The molecular weight excluding hydrogens is 377 g/mol. The average molecular weight is 393 g/mol. The number of hydrogen-bond acceptors (Lipinski definition) is 6. The number of thiophene rings is 1. The van der Waals surface area contributed by atoms with Crippen LogP contribution in [0.1, 0.15) is 24.7 Å². The molecule has 1 fully saturated rings. The Labute approximate surface area is 154 Å². The van der Waals surface area contributed by atoms with Crippen LogP contribution in [0, 0.1) is 5.82 Å².